The Kier molecular flexibility index (Phi) is 4.75. The molecule has 126 valence electrons. The lowest BCUT2D eigenvalue weighted by atomic mass is 10.2. The van der Waals surface area contributed by atoms with E-state index in [0.717, 1.165) is 15.8 Å². The number of hydrogen-bond acceptors (Lipinski definition) is 6. The molecule has 0 aliphatic carbocycles. The van der Waals surface area contributed by atoms with Gasteiger partial charge in [-0.1, -0.05) is 37.3 Å². The molecule has 7 nitrogen and oxygen atoms in total. The molecule has 0 saturated heterocycles. The van der Waals surface area contributed by atoms with Gasteiger partial charge in [0.05, 0.1) is 12.8 Å². The van der Waals surface area contributed by atoms with Crippen molar-refractivity contribution in [1.29, 1.82) is 0 Å². The summed E-state index contributed by atoms with van der Waals surface area (Å²) in [6.07, 6.45) is 0.908. The summed E-state index contributed by atoms with van der Waals surface area (Å²) in [6, 6.07) is 7.34. The molecule has 3 aromatic rings. The van der Waals surface area contributed by atoms with Crippen LogP contribution in [0.3, 0.4) is 0 Å². The number of amides is 1. The van der Waals surface area contributed by atoms with E-state index in [1.165, 1.54) is 11.3 Å². The Morgan fingerprint density at radius 2 is 2.12 bits per heavy atom. The number of carbonyl (C=O) groups is 1. The van der Waals surface area contributed by atoms with Crippen LogP contribution in [0.4, 0.5) is 5.69 Å². The van der Waals surface area contributed by atoms with Crippen molar-refractivity contribution in [3.05, 3.63) is 35.1 Å². The smallest absolute Gasteiger partial charge is 0.234 e. The molecule has 1 amide bonds. The summed E-state index contributed by atoms with van der Waals surface area (Å²) in [4.78, 5) is 12.9. The van der Waals surface area contributed by atoms with Gasteiger partial charge in [0.25, 0.3) is 0 Å². The molecule has 24 heavy (non-hydrogen) atoms. The Morgan fingerprint density at radius 3 is 2.88 bits per heavy atom. The Balaban J connectivity index is 1.64. The molecule has 0 aliphatic heterocycles. The van der Waals surface area contributed by atoms with Gasteiger partial charge >= 0.3 is 0 Å². The van der Waals surface area contributed by atoms with Crippen LogP contribution in [-0.2, 0) is 11.2 Å². The Morgan fingerprint density at radius 1 is 1.33 bits per heavy atom. The molecule has 1 N–H and O–H groups in total. The fourth-order valence-electron chi connectivity index (χ4n) is 2.31. The summed E-state index contributed by atoms with van der Waals surface area (Å²) in [5, 5.41) is 16.5. The van der Waals surface area contributed by atoms with E-state index in [1.807, 2.05) is 24.3 Å². The van der Waals surface area contributed by atoms with Crippen LogP contribution in [0.1, 0.15) is 37.0 Å². The number of nitrogens with zero attached hydrogens (tertiary/aromatic N) is 4. The number of hydrogen-bond donors (Lipinski definition) is 1. The third kappa shape index (κ3) is 3.38. The number of methoxy groups -OCH3 is 1. The number of aryl methyl sites for hydroxylation is 1. The van der Waals surface area contributed by atoms with E-state index in [4.69, 9.17) is 4.74 Å². The first-order chi connectivity index (χ1) is 11.6. The predicted molar refractivity (Wildman–Crippen MR) is 92.7 cm³/mol. The van der Waals surface area contributed by atoms with E-state index in [9.17, 15) is 4.79 Å². The zero-order valence-corrected chi connectivity index (χ0v) is 14.6. The number of benzene rings is 1. The monoisotopic (exact) mass is 345 g/mol. The minimum absolute atomic E-state index is 0.0745. The average molecular weight is 345 g/mol. The van der Waals surface area contributed by atoms with Crippen LogP contribution in [-0.4, -0.2) is 32.8 Å². The van der Waals surface area contributed by atoms with Gasteiger partial charge in [-0.2, -0.15) is 9.61 Å². The highest BCUT2D eigenvalue weighted by Gasteiger charge is 2.15. The summed E-state index contributed by atoms with van der Waals surface area (Å²) in [5.74, 6) is 1.66. The first kappa shape index (κ1) is 16.4. The van der Waals surface area contributed by atoms with Crippen LogP contribution in [0.25, 0.3) is 4.96 Å². The second-order valence-electron chi connectivity index (χ2n) is 5.65. The fraction of sp³-hybridized carbons (Fsp3) is 0.375. The van der Waals surface area contributed by atoms with E-state index >= 15 is 0 Å². The zero-order valence-electron chi connectivity index (χ0n) is 13.8. The van der Waals surface area contributed by atoms with Gasteiger partial charge in [-0.3, -0.25) is 4.79 Å². The van der Waals surface area contributed by atoms with E-state index < -0.39 is 0 Å². The highest BCUT2D eigenvalue weighted by Crippen LogP contribution is 2.24. The van der Waals surface area contributed by atoms with Crippen molar-refractivity contribution in [3.63, 3.8) is 0 Å². The topological polar surface area (TPSA) is 81.4 Å². The van der Waals surface area contributed by atoms with Gasteiger partial charge < -0.3 is 10.1 Å². The molecule has 2 heterocycles. The highest BCUT2D eigenvalue weighted by molar-refractivity contribution is 7.16. The van der Waals surface area contributed by atoms with Crippen LogP contribution in [0.15, 0.2) is 24.3 Å². The first-order valence-electron chi connectivity index (χ1n) is 7.72. The standard InChI is InChI=1S/C16H19N5O2S/c1-10(2)15-18-19-16-21(15)20-14(24-16)9-8-13(22)17-11-6-4-5-7-12(11)23-3/h4-7,10H,8-9H2,1-3H3,(H,17,22). The second-order valence-corrected chi connectivity index (χ2v) is 6.69. The molecule has 2 aromatic heterocycles. The zero-order chi connectivity index (χ0) is 17.1. The number of nitrogens with one attached hydrogen (secondary N) is 1. The highest BCUT2D eigenvalue weighted by atomic mass is 32.1. The lowest BCUT2D eigenvalue weighted by Crippen LogP contribution is -2.13. The maximum Gasteiger partial charge on any atom is 0.234 e. The largest absolute Gasteiger partial charge is 0.495 e. The van der Waals surface area contributed by atoms with Gasteiger partial charge in [-0.25, -0.2) is 0 Å². The van der Waals surface area contributed by atoms with Crippen molar-refractivity contribution in [2.24, 2.45) is 0 Å². The predicted octanol–water partition coefficient (Wildman–Crippen LogP) is 2.89. The summed E-state index contributed by atoms with van der Waals surface area (Å²) < 4.78 is 7.00. The maximum atomic E-state index is 12.2. The second kappa shape index (κ2) is 6.96. The molecule has 3 rings (SSSR count). The Hall–Kier alpha value is -2.48. The lowest BCUT2D eigenvalue weighted by Gasteiger charge is -2.09. The van der Waals surface area contributed by atoms with E-state index in [0.29, 0.717) is 24.3 Å². The van der Waals surface area contributed by atoms with Gasteiger partial charge in [0.2, 0.25) is 10.9 Å². The minimum atomic E-state index is -0.0745. The van der Waals surface area contributed by atoms with Crippen molar-refractivity contribution in [1.82, 2.24) is 19.8 Å². The van der Waals surface area contributed by atoms with Gasteiger partial charge in [-0.15, -0.1) is 10.2 Å². The third-order valence-electron chi connectivity index (χ3n) is 3.52. The molecule has 1 aromatic carbocycles. The molecule has 0 radical (unpaired) electrons. The maximum absolute atomic E-state index is 12.2. The SMILES string of the molecule is COc1ccccc1NC(=O)CCc1nn2c(C(C)C)nnc2s1. The number of carbonyl (C=O) groups excluding carboxylic acids is 1. The van der Waals surface area contributed by atoms with Crippen LogP contribution in [0.2, 0.25) is 0 Å². The van der Waals surface area contributed by atoms with Crippen LogP contribution in [0.5, 0.6) is 5.75 Å². The lowest BCUT2D eigenvalue weighted by molar-refractivity contribution is -0.116. The van der Waals surface area contributed by atoms with Crippen LogP contribution in [0, 0.1) is 0 Å². The molecule has 0 aliphatic rings. The Bertz CT molecular complexity index is 855. The van der Waals surface area contributed by atoms with Crippen molar-refractivity contribution in [3.8, 4) is 5.75 Å². The van der Waals surface area contributed by atoms with Crippen LogP contribution >= 0.6 is 11.3 Å². The molecular weight excluding hydrogens is 326 g/mol. The van der Waals surface area contributed by atoms with Gasteiger partial charge in [0.15, 0.2) is 5.82 Å². The molecule has 8 heteroatoms. The minimum Gasteiger partial charge on any atom is -0.495 e. The summed E-state index contributed by atoms with van der Waals surface area (Å²) in [6.45, 7) is 4.10. The number of anilines is 1. The Labute approximate surface area is 143 Å². The summed E-state index contributed by atoms with van der Waals surface area (Å²) >= 11 is 1.47. The number of fused-ring (bicyclic) bond motifs is 1. The summed E-state index contributed by atoms with van der Waals surface area (Å²) in [5.41, 5.74) is 0.672. The molecule has 0 saturated carbocycles. The van der Waals surface area contributed by atoms with Crippen molar-refractivity contribution >= 4 is 27.9 Å². The quantitative estimate of drug-likeness (QED) is 0.743. The van der Waals surface area contributed by atoms with Crippen molar-refractivity contribution in [2.75, 3.05) is 12.4 Å². The van der Waals surface area contributed by atoms with Crippen LogP contribution < -0.4 is 10.1 Å². The third-order valence-corrected chi connectivity index (χ3v) is 4.48. The molecular formula is C16H19N5O2S. The first-order valence-corrected chi connectivity index (χ1v) is 8.54. The van der Waals surface area contributed by atoms with Crippen molar-refractivity contribution < 1.29 is 9.53 Å². The molecule has 0 unspecified atom stereocenters. The number of rotatable bonds is 6. The van der Waals surface area contributed by atoms with Crippen molar-refractivity contribution in [2.45, 2.75) is 32.6 Å². The molecule has 0 atom stereocenters. The van der Waals surface area contributed by atoms with E-state index in [-0.39, 0.29) is 11.8 Å². The number of para-hydroxylation sites is 2. The molecule has 0 bridgehead atoms. The summed E-state index contributed by atoms with van der Waals surface area (Å²) in [7, 11) is 1.58. The fourth-order valence-corrected chi connectivity index (χ4v) is 3.15. The molecule has 0 spiro atoms. The molecule has 0 fully saturated rings. The average Bonchev–Trinajstić information content (AvgIpc) is 3.13. The van der Waals surface area contributed by atoms with E-state index in [1.54, 1.807) is 11.6 Å². The normalized spacial score (nSPS) is 11.2. The van der Waals surface area contributed by atoms with Gasteiger partial charge in [0.1, 0.15) is 10.8 Å². The van der Waals surface area contributed by atoms with E-state index in [2.05, 4.69) is 34.5 Å². The number of ether oxygens (including phenoxy) is 1. The number of aromatic nitrogens is 4. The van der Waals surface area contributed by atoms with Gasteiger partial charge in [-0.05, 0) is 12.1 Å². The van der Waals surface area contributed by atoms with Gasteiger partial charge in [0, 0.05) is 18.8 Å².